The van der Waals surface area contributed by atoms with E-state index in [0.717, 1.165) is 0 Å². The number of halogens is 2. The van der Waals surface area contributed by atoms with Crippen LogP contribution in [0.2, 0.25) is 5.02 Å². The number of rotatable bonds is 3. The summed E-state index contributed by atoms with van der Waals surface area (Å²) in [7, 11) is 0. The molecule has 0 saturated heterocycles. The van der Waals surface area contributed by atoms with Crippen molar-refractivity contribution in [2.75, 3.05) is 6.61 Å². The zero-order chi connectivity index (χ0) is 9.84. The van der Waals surface area contributed by atoms with E-state index in [-0.39, 0.29) is 12.4 Å². The average molecular weight is 203 g/mol. The van der Waals surface area contributed by atoms with Gasteiger partial charge in [-0.1, -0.05) is 17.7 Å². The van der Waals surface area contributed by atoms with E-state index in [1.165, 1.54) is 0 Å². The van der Waals surface area contributed by atoms with Gasteiger partial charge in [0.1, 0.15) is 5.82 Å². The van der Waals surface area contributed by atoms with E-state index >= 15 is 0 Å². The highest BCUT2D eigenvalue weighted by Gasteiger charge is 2.08. The smallest absolute Gasteiger partial charge is 0.130 e. The van der Waals surface area contributed by atoms with E-state index in [0.29, 0.717) is 29.0 Å². The quantitative estimate of drug-likeness (QED) is 0.799. The normalized spacial score (nSPS) is 10.5. The maximum Gasteiger partial charge on any atom is 0.130 e. The summed E-state index contributed by atoms with van der Waals surface area (Å²) in [6.45, 7) is 1.76. The van der Waals surface area contributed by atoms with Crippen LogP contribution in [0.3, 0.4) is 0 Å². The Bertz CT molecular complexity index is 299. The minimum Gasteiger partial charge on any atom is -0.396 e. The highest BCUT2D eigenvalue weighted by atomic mass is 35.5. The van der Waals surface area contributed by atoms with Gasteiger partial charge >= 0.3 is 0 Å². The zero-order valence-electron chi connectivity index (χ0n) is 7.48. The topological polar surface area (TPSA) is 20.2 Å². The maximum absolute atomic E-state index is 13.4. The second kappa shape index (κ2) is 4.58. The monoisotopic (exact) mass is 202 g/mol. The Morgan fingerprint density at radius 3 is 2.77 bits per heavy atom. The van der Waals surface area contributed by atoms with Gasteiger partial charge in [-0.05, 0) is 31.4 Å². The lowest BCUT2D eigenvalue weighted by molar-refractivity contribution is 0.288. The summed E-state index contributed by atoms with van der Waals surface area (Å²) in [5.41, 5.74) is 1.10. The van der Waals surface area contributed by atoms with Crippen LogP contribution in [0.25, 0.3) is 0 Å². The first kappa shape index (κ1) is 10.5. The lowest BCUT2D eigenvalue weighted by atomic mass is 10.1. The molecule has 0 spiro atoms. The van der Waals surface area contributed by atoms with Crippen LogP contribution < -0.4 is 0 Å². The summed E-state index contributed by atoms with van der Waals surface area (Å²) in [6, 6.07) is 3.34. The van der Waals surface area contributed by atoms with Gasteiger partial charge in [-0.25, -0.2) is 4.39 Å². The molecule has 72 valence electrons. The van der Waals surface area contributed by atoms with Crippen molar-refractivity contribution in [3.63, 3.8) is 0 Å². The Labute approximate surface area is 82.2 Å². The Hall–Kier alpha value is -0.600. The van der Waals surface area contributed by atoms with Gasteiger partial charge in [0.25, 0.3) is 0 Å². The first-order valence-corrected chi connectivity index (χ1v) is 4.59. The van der Waals surface area contributed by atoms with Crippen LogP contribution in [0.1, 0.15) is 17.5 Å². The lowest BCUT2D eigenvalue weighted by Crippen LogP contribution is -1.97. The van der Waals surface area contributed by atoms with Crippen molar-refractivity contribution < 1.29 is 9.50 Å². The number of hydrogen-bond donors (Lipinski definition) is 1. The predicted octanol–water partition coefficient (Wildman–Crippen LogP) is 2.71. The van der Waals surface area contributed by atoms with E-state index in [1.807, 2.05) is 0 Å². The van der Waals surface area contributed by atoms with Crippen molar-refractivity contribution >= 4 is 11.6 Å². The summed E-state index contributed by atoms with van der Waals surface area (Å²) in [5.74, 6) is -0.249. The summed E-state index contributed by atoms with van der Waals surface area (Å²) in [4.78, 5) is 0. The third-order valence-electron chi connectivity index (χ3n) is 1.96. The Balaban J connectivity index is 2.96. The third-order valence-corrected chi connectivity index (χ3v) is 2.32. The zero-order valence-corrected chi connectivity index (χ0v) is 8.24. The van der Waals surface area contributed by atoms with Gasteiger partial charge in [0.15, 0.2) is 0 Å². The molecule has 0 amide bonds. The molecule has 13 heavy (non-hydrogen) atoms. The molecule has 0 radical (unpaired) electrons. The Morgan fingerprint density at radius 1 is 1.46 bits per heavy atom. The molecule has 0 unspecified atom stereocenters. The number of aryl methyl sites for hydroxylation is 1. The molecular weight excluding hydrogens is 191 g/mol. The van der Waals surface area contributed by atoms with E-state index in [9.17, 15) is 4.39 Å². The van der Waals surface area contributed by atoms with E-state index in [2.05, 4.69) is 0 Å². The fraction of sp³-hybridized carbons (Fsp3) is 0.400. The first-order valence-electron chi connectivity index (χ1n) is 4.21. The van der Waals surface area contributed by atoms with Gasteiger partial charge < -0.3 is 5.11 Å². The van der Waals surface area contributed by atoms with Gasteiger partial charge in [-0.15, -0.1) is 0 Å². The summed E-state index contributed by atoms with van der Waals surface area (Å²) < 4.78 is 13.4. The molecule has 1 rings (SSSR count). The highest BCUT2D eigenvalue weighted by Crippen LogP contribution is 2.22. The fourth-order valence-electron chi connectivity index (χ4n) is 1.20. The van der Waals surface area contributed by atoms with Crippen LogP contribution in [0.15, 0.2) is 12.1 Å². The van der Waals surface area contributed by atoms with Crippen LogP contribution in [0.4, 0.5) is 4.39 Å². The highest BCUT2D eigenvalue weighted by molar-refractivity contribution is 6.31. The number of hydrogen-bond acceptors (Lipinski definition) is 1. The van der Waals surface area contributed by atoms with E-state index in [1.54, 1.807) is 19.1 Å². The third kappa shape index (κ3) is 2.42. The molecule has 0 bridgehead atoms. The molecule has 0 saturated carbocycles. The molecule has 0 aromatic heterocycles. The molecule has 3 heteroatoms. The van der Waals surface area contributed by atoms with Crippen LogP contribution >= 0.6 is 11.6 Å². The van der Waals surface area contributed by atoms with Gasteiger partial charge in [-0.2, -0.15) is 0 Å². The summed E-state index contributed by atoms with van der Waals surface area (Å²) in [5, 5.41) is 9.05. The van der Waals surface area contributed by atoms with Crippen LogP contribution in [0.5, 0.6) is 0 Å². The molecule has 1 aromatic rings. The molecule has 0 atom stereocenters. The second-order valence-corrected chi connectivity index (χ2v) is 3.39. The van der Waals surface area contributed by atoms with Gasteiger partial charge in [0, 0.05) is 17.2 Å². The van der Waals surface area contributed by atoms with Crippen molar-refractivity contribution in [3.8, 4) is 0 Å². The molecule has 0 aliphatic heterocycles. The molecule has 0 fully saturated rings. The van der Waals surface area contributed by atoms with Crippen LogP contribution in [0, 0.1) is 12.7 Å². The predicted molar refractivity (Wildman–Crippen MR) is 51.6 cm³/mol. The molecule has 0 aliphatic carbocycles. The van der Waals surface area contributed by atoms with Crippen molar-refractivity contribution in [2.45, 2.75) is 19.8 Å². The minimum absolute atomic E-state index is 0.0592. The van der Waals surface area contributed by atoms with Crippen LogP contribution in [-0.2, 0) is 6.42 Å². The van der Waals surface area contributed by atoms with Crippen molar-refractivity contribution in [1.82, 2.24) is 0 Å². The minimum atomic E-state index is -0.249. The number of aliphatic hydroxyl groups excluding tert-OH is 1. The van der Waals surface area contributed by atoms with Crippen LogP contribution in [-0.4, -0.2) is 11.7 Å². The standard InChI is InChI=1S/C10H12ClFO/c1-7-4-5-9(11)8(10(7)12)3-2-6-13/h4-5,13H,2-3,6H2,1H3. The fourth-order valence-corrected chi connectivity index (χ4v) is 1.44. The average Bonchev–Trinajstić information content (AvgIpc) is 2.12. The first-order chi connectivity index (χ1) is 6.16. The Kier molecular flexibility index (Phi) is 3.70. The van der Waals surface area contributed by atoms with E-state index in [4.69, 9.17) is 16.7 Å². The number of aliphatic hydroxyl groups is 1. The lowest BCUT2D eigenvalue weighted by Gasteiger charge is -2.06. The van der Waals surface area contributed by atoms with Gasteiger partial charge in [0.05, 0.1) is 0 Å². The van der Waals surface area contributed by atoms with Gasteiger partial charge in [0.2, 0.25) is 0 Å². The molecule has 0 aliphatic rings. The van der Waals surface area contributed by atoms with E-state index < -0.39 is 0 Å². The number of benzene rings is 1. The maximum atomic E-state index is 13.4. The second-order valence-electron chi connectivity index (χ2n) is 2.98. The van der Waals surface area contributed by atoms with Gasteiger partial charge in [-0.3, -0.25) is 0 Å². The molecule has 1 aromatic carbocycles. The van der Waals surface area contributed by atoms with Crippen molar-refractivity contribution in [2.24, 2.45) is 0 Å². The molecule has 1 N–H and O–H groups in total. The SMILES string of the molecule is Cc1ccc(Cl)c(CCCO)c1F. The summed E-state index contributed by atoms with van der Waals surface area (Å²) >= 11 is 5.82. The molecule has 0 heterocycles. The largest absolute Gasteiger partial charge is 0.396 e. The summed E-state index contributed by atoms with van der Waals surface area (Å²) in [6.07, 6.45) is 1.03. The molecule has 1 nitrogen and oxygen atoms in total. The van der Waals surface area contributed by atoms with Crippen molar-refractivity contribution in [1.29, 1.82) is 0 Å². The van der Waals surface area contributed by atoms with Crippen molar-refractivity contribution in [3.05, 3.63) is 34.1 Å². The Morgan fingerprint density at radius 2 is 2.15 bits per heavy atom. The molecular formula is C10H12ClFO.